The van der Waals surface area contributed by atoms with Crippen molar-refractivity contribution < 1.29 is 27.4 Å². The van der Waals surface area contributed by atoms with E-state index in [1.165, 1.54) is 0 Å². The van der Waals surface area contributed by atoms with Crippen LogP contribution in [-0.2, 0) is 10.2 Å². The van der Waals surface area contributed by atoms with Crippen molar-refractivity contribution in [2.75, 3.05) is 4.31 Å². The molecule has 0 radical (unpaired) electrons. The van der Waals surface area contributed by atoms with E-state index in [2.05, 4.69) is 0 Å². The van der Waals surface area contributed by atoms with Crippen LogP contribution in [0.1, 0.15) is 5.56 Å². The second-order valence-corrected chi connectivity index (χ2v) is 5.13. The van der Waals surface area contributed by atoms with Crippen LogP contribution >= 0.6 is 0 Å². The van der Waals surface area contributed by atoms with Crippen LogP contribution in [-0.4, -0.2) is 18.6 Å². The van der Waals surface area contributed by atoms with Gasteiger partial charge in [-0.15, -0.1) is 0 Å². The molecule has 0 aromatic heterocycles. The van der Waals surface area contributed by atoms with Crippen molar-refractivity contribution in [1.82, 2.24) is 4.72 Å². The SMILES string of the molecule is Cc1c(F)cc(N2C=C(O)NS2(=O)=O)c(O)c1F. The lowest BCUT2D eigenvalue weighted by atomic mass is 10.2. The molecular weight excluding hydrogens is 270 g/mol. The Morgan fingerprint density at radius 2 is 1.94 bits per heavy atom. The second kappa shape index (κ2) is 3.73. The Bertz CT molecular complexity index is 657. The molecule has 3 N–H and O–H groups in total. The van der Waals surface area contributed by atoms with E-state index in [9.17, 15) is 22.3 Å². The van der Waals surface area contributed by atoms with E-state index < -0.39 is 44.7 Å². The standard InChI is InChI=1S/C9H8F2N2O4S/c1-4-5(10)2-6(9(15)8(4)11)13-3-7(14)12-18(13,16)17/h2-3,12,14-15H,1H3. The summed E-state index contributed by atoms with van der Waals surface area (Å²) in [5.41, 5.74) is -1.07. The molecule has 0 bridgehead atoms. The maximum atomic E-state index is 13.4. The number of aliphatic hydroxyl groups excluding tert-OH is 1. The Morgan fingerprint density at radius 3 is 2.44 bits per heavy atom. The molecule has 18 heavy (non-hydrogen) atoms. The quantitative estimate of drug-likeness (QED) is 0.714. The molecule has 1 aliphatic heterocycles. The summed E-state index contributed by atoms with van der Waals surface area (Å²) >= 11 is 0. The first kappa shape index (κ1) is 12.4. The van der Waals surface area contributed by atoms with Crippen molar-refractivity contribution in [2.24, 2.45) is 0 Å². The van der Waals surface area contributed by atoms with Crippen molar-refractivity contribution in [3.05, 3.63) is 35.3 Å². The summed E-state index contributed by atoms with van der Waals surface area (Å²) in [5, 5.41) is 18.5. The van der Waals surface area contributed by atoms with Gasteiger partial charge in [-0.05, 0) is 6.92 Å². The van der Waals surface area contributed by atoms with Gasteiger partial charge in [0.25, 0.3) is 0 Å². The topological polar surface area (TPSA) is 89.9 Å². The molecule has 0 saturated carbocycles. The number of aromatic hydroxyl groups is 1. The highest BCUT2D eigenvalue weighted by Crippen LogP contribution is 2.36. The largest absolute Gasteiger partial charge is 0.503 e. The number of nitrogens with zero attached hydrogens (tertiary/aromatic N) is 1. The molecule has 0 spiro atoms. The average Bonchev–Trinajstić information content (AvgIpc) is 2.54. The number of rotatable bonds is 1. The van der Waals surface area contributed by atoms with E-state index in [4.69, 9.17) is 5.11 Å². The van der Waals surface area contributed by atoms with Crippen LogP contribution in [0.2, 0.25) is 0 Å². The Kier molecular flexibility index (Phi) is 2.58. The van der Waals surface area contributed by atoms with E-state index in [1.54, 1.807) is 4.72 Å². The molecule has 0 atom stereocenters. The summed E-state index contributed by atoms with van der Waals surface area (Å²) in [4.78, 5) is 0. The molecule has 0 fully saturated rings. The predicted molar refractivity (Wildman–Crippen MR) is 58.0 cm³/mol. The molecule has 1 aliphatic rings. The summed E-state index contributed by atoms with van der Waals surface area (Å²) in [6, 6.07) is 0.655. The van der Waals surface area contributed by atoms with E-state index in [0.29, 0.717) is 16.6 Å². The molecule has 0 unspecified atom stereocenters. The van der Waals surface area contributed by atoms with Gasteiger partial charge in [0, 0.05) is 11.6 Å². The molecule has 1 aromatic carbocycles. The Hall–Kier alpha value is -2.03. The van der Waals surface area contributed by atoms with Gasteiger partial charge in [0.15, 0.2) is 11.6 Å². The number of hydrogen-bond donors (Lipinski definition) is 3. The highest BCUT2D eigenvalue weighted by Gasteiger charge is 2.32. The van der Waals surface area contributed by atoms with Crippen LogP contribution in [0.15, 0.2) is 18.1 Å². The van der Waals surface area contributed by atoms with Crippen LogP contribution in [0.4, 0.5) is 14.5 Å². The van der Waals surface area contributed by atoms with Gasteiger partial charge in [-0.3, -0.25) is 0 Å². The summed E-state index contributed by atoms with van der Waals surface area (Å²) in [5.74, 6) is -4.03. The summed E-state index contributed by atoms with van der Waals surface area (Å²) in [6.07, 6.45) is 0.679. The van der Waals surface area contributed by atoms with Crippen LogP contribution in [0, 0.1) is 18.6 Å². The highest BCUT2D eigenvalue weighted by atomic mass is 32.2. The van der Waals surface area contributed by atoms with Crippen LogP contribution in [0.5, 0.6) is 5.75 Å². The van der Waals surface area contributed by atoms with Crippen molar-refractivity contribution in [1.29, 1.82) is 0 Å². The normalized spacial score (nSPS) is 17.5. The van der Waals surface area contributed by atoms with Gasteiger partial charge in [0.2, 0.25) is 5.88 Å². The third-order valence-corrected chi connectivity index (χ3v) is 3.66. The zero-order valence-corrected chi connectivity index (χ0v) is 9.79. The number of anilines is 1. The molecule has 0 amide bonds. The van der Waals surface area contributed by atoms with Gasteiger partial charge in [-0.25, -0.2) is 17.8 Å². The predicted octanol–water partition coefficient (Wildman–Crippen LogP) is 0.990. The lowest BCUT2D eigenvalue weighted by Crippen LogP contribution is -2.29. The zero-order valence-electron chi connectivity index (χ0n) is 8.98. The maximum absolute atomic E-state index is 13.4. The van der Waals surface area contributed by atoms with Crippen molar-refractivity contribution in [2.45, 2.75) is 6.92 Å². The number of aliphatic hydroxyl groups is 1. The molecular formula is C9H8F2N2O4S. The fourth-order valence-electron chi connectivity index (χ4n) is 1.45. The molecule has 98 valence electrons. The van der Waals surface area contributed by atoms with Crippen molar-refractivity contribution in [3.63, 3.8) is 0 Å². The first-order valence-corrected chi connectivity index (χ1v) is 6.08. The minimum atomic E-state index is -4.21. The van der Waals surface area contributed by atoms with Crippen molar-refractivity contribution in [3.8, 4) is 5.75 Å². The third-order valence-electron chi connectivity index (χ3n) is 2.37. The molecule has 0 aliphatic carbocycles. The van der Waals surface area contributed by atoms with Gasteiger partial charge in [-0.2, -0.15) is 8.42 Å². The fraction of sp³-hybridized carbons (Fsp3) is 0.111. The lowest BCUT2D eigenvalue weighted by Gasteiger charge is -2.16. The molecule has 9 heteroatoms. The molecule has 2 rings (SSSR count). The maximum Gasteiger partial charge on any atom is 0.330 e. The first-order chi connectivity index (χ1) is 8.24. The lowest BCUT2D eigenvalue weighted by molar-refractivity contribution is 0.392. The number of hydrogen-bond acceptors (Lipinski definition) is 4. The van der Waals surface area contributed by atoms with Gasteiger partial charge >= 0.3 is 10.2 Å². The molecule has 1 heterocycles. The van der Waals surface area contributed by atoms with Gasteiger partial charge < -0.3 is 10.2 Å². The zero-order chi connectivity index (χ0) is 13.7. The molecule has 6 nitrogen and oxygen atoms in total. The number of benzene rings is 1. The van der Waals surface area contributed by atoms with Gasteiger partial charge in [0.05, 0.1) is 6.20 Å². The summed E-state index contributed by atoms with van der Waals surface area (Å²) in [7, 11) is -4.21. The van der Waals surface area contributed by atoms with Crippen LogP contribution in [0.25, 0.3) is 0 Å². The number of phenolic OH excluding ortho intramolecular Hbond substituents is 1. The number of phenols is 1. The number of nitrogens with one attached hydrogen (secondary N) is 1. The summed E-state index contributed by atoms with van der Waals surface area (Å²) < 4.78 is 51.8. The van der Waals surface area contributed by atoms with E-state index in [0.717, 1.165) is 6.92 Å². The van der Waals surface area contributed by atoms with Crippen molar-refractivity contribution >= 4 is 15.9 Å². The summed E-state index contributed by atoms with van der Waals surface area (Å²) in [6.45, 7) is 1.10. The smallest absolute Gasteiger partial charge is 0.330 e. The van der Waals surface area contributed by atoms with E-state index >= 15 is 0 Å². The van der Waals surface area contributed by atoms with Crippen LogP contribution in [0.3, 0.4) is 0 Å². The molecule has 0 saturated heterocycles. The number of halogens is 2. The Morgan fingerprint density at radius 1 is 1.33 bits per heavy atom. The van der Waals surface area contributed by atoms with E-state index in [-0.39, 0.29) is 0 Å². The Balaban J connectivity index is 2.67. The van der Waals surface area contributed by atoms with E-state index in [1.807, 2.05) is 0 Å². The first-order valence-electron chi connectivity index (χ1n) is 4.64. The molecule has 1 aromatic rings. The highest BCUT2D eigenvalue weighted by molar-refractivity contribution is 7.91. The monoisotopic (exact) mass is 278 g/mol. The minimum absolute atomic E-state index is 0.337. The average molecular weight is 278 g/mol. The fourth-order valence-corrected chi connectivity index (χ4v) is 2.50. The van der Waals surface area contributed by atoms with Gasteiger partial charge in [-0.1, -0.05) is 0 Å². The minimum Gasteiger partial charge on any atom is -0.503 e. The Labute approximate surface area is 101 Å². The third kappa shape index (κ3) is 1.72. The second-order valence-electron chi connectivity index (χ2n) is 3.58. The van der Waals surface area contributed by atoms with Gasteiger partial charge in [0.1, 0.15) is 11.5 Å². The van der Waals surface area contributed by atoms with Crippen LogP contribution < -0.4 is 9.03 Å².